The van der Waals surface area contributed by atoms with Gasteiger partial charge in [-0.05, 0) is 55.2 Å². The topological polar surface area (TPSA) is 45.4 Å². The van der Waals surface area contributed by atoms with Crippen molar-refractivity contribution in [2.24, 2.45) is 0 Å². The lowest BCUT2D eigenvalue weighted by atomic mass is 9.96. The molecule has 1 unspecified atom stereocenters. The molecule has 1 atom stereocenters. The van der Waals surface area contributed by atoms with Crippen LogP contribution in [-0.2, 0) is 0 Å². The van der Waals surface area contributed by atoms with Gasteiger partial charge in [-0.1, -0.05) is 29.4 Å². The van der Waals surface area contributed by atoms with Crippen molar-refractivity contribution < 1.29 is 13.3 Å². The number of nitrogens with zero attached hydrogens (tertiary/aromatic N) is 4. The maximum Gasteiger partial charge on any atom is 0.243 e. The Bertz CT molecular complexity index is 963. The van der Waals surface area contributed by atoms with E-state index in [4.69, 9.17) is 4.52 Å². The summed E-state index contributed by atoms with van der Waals surface area (Å²) < 4.78 is 32.6. The summed E-state index contributed by atoms with van der Waals surface area (Å²) in [5.74, 6) is 1.49. The van der Waals surface area contributed by atoms with Crippen molar-refractivity contribution >= 4 is 0 Å². The van der Waals surface area contributed by atoms with Crippen LogP contribution in [0.4, 0.5) is 8.78 Å². The van der Waals surface area contributed by atoms with E-state index < -0.39 is 0 Å². The third kappa shape index (κ3) is 4.38. The zero-order valence-electron chi connectivity index (χ0n) is 17.5. The average molecular weight is 424 g/mol. The van der Waals surface area contributed by atoms with E-state index in [0.29, 0.717) is 11.8 Å². The van der Waals surface area contributed by atoms with Gasteiger partial charge in [-0.2, -0.15) is 4.98 Å². The molecule has 3 aromatic rings. The molecule has 0 N–H and O–H groups in total. The minimum Gasteiger partial charge on any atom is -0.338 e. The fourth-order valence-electron chi connectivity index (χ4n) is 4.37. The minimum atomic E-state index is -0.259. The monoisotopic (exact) mass is 424 g/mol. The summed E-state index contributed by atoms with van der Waals surface area (Å²) in [6.45, 7) is 5.46. The van der Waals surface area contributed by atoms with E-state index in [1.165, 1.54) is 24.3 Å². The van der Waals surface area contributed by atoms with Crippen LogP contribution in [0.15, 0.2) is 53.1 Å². The van der Waals surface area contributed by atoms with Crippen LogP contribution in [0.1, 0.15) is 60.6 Å². The van der Waals surface area contributed by atoms with Crippen LogP contribution in [-0.4, -0.2) is 46.1 Å². The number of halogens is 2. The van der Waals surface area contributed by atoms with Gasteiger partial charge in [-0.15, -0.1) is 0 Å². The molecule has 5 rings (SSSR count). The second-order valence-electron chi connectivity index (χ2n) is 8.52. The highest BCUT2D eigenvalue weighted by molar-refractivity contribution is 5.32. The predicted molar refractivity (Wildman–Crippen MR) is 112 cm³/mol. The molecule has 2 aliphatic rings. The summed E-state index contributed by atoms with van der Waals surface area (Å²) in [6.07, 6.45) is 2.31. The predicted octanol–water partition coefficient (Wildman–Crippen LogP) is 4.69. The van der Waals surface area contributed by atoms with Gasteiger partial charge >= 0.3 is 0 Å². The van der Waals surface area contributed by atoms with Crippen molar-refractivity contribution in [2.45, 2.75) is 37.8 Å². The molecular weight excluding hydrogens is 398 g/mol. The van der Waals surface area contributed by atoms with Gasteiger partial charge in [0.2, 0.25) is 5.89 Å². The minimum absolute atomic E-state index is 0.0523. The Morgan fingerprint density at radius 1 is 0.839 bits per heavy atom. The first-order valence-corrected chi connectivity index (χ1v) is 10.9. The quantitative estimate of drug-likeness (QED) is 0.574. The van der Waals surface area contributed by atoms with Crippen molar-refractivity contribution in [1.29, 1.82) is 0 Å². The molecule has 5 nitrogen and oxygen atoms in total. The van der Waals surface area contributed by atoms with Crippen molar-refractivity contribution in [3.8, 4) is 0 Å². The molecule has 31 heavy (non-hydrogen) atoms. The SMILES string of the molecule is CC(c1nc(C2CC2)no1)N1CCN(C(c2ccc(F)cc2)c2ccc(F)cc2)CC1. The maximum absolute atomic E-state index is 13.5. The fourth-order valence-corrected chi connectivity index (χ4v) is 4.37. The summed E-state index contributed by atoms with van der Waals surface area (Å²) >= 11 is 0. The largest absolute Gasteiger partial charge is 0.338 e. The molecule has 0 radical (unpaired) electrons. The van der Waals surface area contributed by atoms with E-state index in [1.807, 2.05) is 24.3 Å². The van der Waals surface area contributed by atoms with Crippen molar-refractivity contribution in [3.63, 3.8) is 0 Å². The van der Waals surface area contributed by atoms with E-state index in [1.54, 1.807) is 0 Å². The number of benzene rings is 2. The smallest absolute Gasteiger partial charge is 0.243 e. The van der Waals surface area contributed by atoms with Gasteiger partial charge in [0.25, 0.3) is 0 Å². The molecule has 2 aromatic carbocycles. The van der Waals surface area contributed by atoms with Crippen LogP contribution in [0.3, 0.4) is 0 Å². The number of hydrogen-bond donors (Lipinski definition) is 0. The van der Waals surface area contributed by atoms with Gasteiger partial charge in [0.1, 0.15) is 11.6 Å². The summed E-state index contributed by atoms with van der Waals surface area (Å²) in [4.78, 5) is 9.33. The van der Waals surface area contributed by atoms with E-state index in [0.717, 1.165) is 56.0 Å². The van der Waals surface area contributed by atoms with Crippen LogP contribution in [0.25, 0.3) is 0 Å². The first-order valence-electron chi connectivity index (χ1n) is 10.9. The summed E-state index contributed by atoms with van der Waals surface area (Å²) in [7, 11) is 0. The molecule has 1 saturated carbocycles. The van der Waals surface area contributed by atoms with E-state index in [-0.39, 0.29) is 23.7 Å². The molecule has 7 heteroatoms. The molecule has 1 saturated heterocycles. The summed E-state index contributed by atoms with van der Waals surface area (Å²) in [5.41, 5.74) is 2.00. The number of rotatable bonds is 6. The highest BCUT2D eigenvalue weighted by Gasteiger charge is 2.33. The number of aromatic nitrogens is 2. The lowest BCUT2D eigenvalue weighted by Gasteiger charge is -2.41. The molecule has 162 valence electrons. The first kappa shape index (κ1) is 20.3. The number of hydrogen-bond acceptors (Lipinski definition) is 5. The van der Waals surface area contributed by atoms with Gasteiger partial charge in [-0.3, -0.25) is 9.80 Å². The Morgan fingerprint density at radius 3 is 1.87 bits per heavy atom. The molecule has 2 heterocycles. The van der Waals surface area contributed by atoms with Crippen LogP contribution in [0.2, 0.25) is 0 Å². The molecular formula is C24H26F2N4O. The maximum atomic E-state index is 13.5. The molecule has 1 aliphatic carbocycles. The summed E-state index contributed by atoms with van der Waals surface area (Å²) in [5, 5.41) is 4.15. The van der Waals surface area contributed by atoms with E-state index in [9.17, 15) is 8.78 Å². The van der Waals surface area contributed by atoms with Crippen LogP contribution >= 0.6 is 0 Å². The zero-order chi connectivity index (χ0) is 21.4. The van der Waals surface area contributed by atoms with Gasteiger partial charge < -0.3 is 4.52 Å². The second kappa shape index (κ2) is 8.48. The standard InChI is InChI=1S/C24H26F2N4O/c1-16(24-27-23(28-31-24)19-2-3-19)29-12-14-30(15-13-29)22(17-4-8-20(25)9-5-17)18-6-10-21(26)11-7-18/h4-11,16,19,22H,2-3,12-15H2,1H3. The Hall–Kier alpha value is -2.64. The third-order valence-electron chi connectivity index (χ3n) is 6.39. The molecule has 1 aliphatic heterocycles. The van der Waals surface area contributed by atoms with Crippen LogP contribution in [0.5, 0.6) is 0 Å². The zero-order valence-corrected chi connectivity index (χ0v) is 17.5. The van der Waals surface area contributed by atoms with Gasteiger partial charge in [-0.25, -0.2) is 8.78 Å². The normalized spacial score (nSPS) is 19.1. The molecule has 0 spiro atoms. The van der Waals surface area contributed by atoms with Crippen molar-refractivity contribution in [3.05, 3.63) is 83.0 Å². The Balaban J connectivity index is 1.31. The van der Waals surface area contributed by atoms with Crippen molar-refractivity contribution in [1.82, 2.24) is 19.9 Å². The van der Waals surface area contributed by atoms with Gasteiger partial charge in [0.05, 0.1) is 12.1 Å². The lowest BCUT2D eigenvalue weighted by Crippen LogP contribution is -2.48. The fraction of sp³-hybridized carbons (Fsp3) is 0.417. The van der Waals surface area contributed by atoms with Crippen LogP contribution < -0.4 is 0 Å². The Morgan fingerprint density at radius 2 is 1.35 bits per heavy atom. The van der Waals surface area contributed by atoms with E-state index >= 15 is 0 Å². The first-order chi connectivity index (χ1) is 15.1. The molecule has 1 aromatic heterocycles. The molecule has 2 fully saturated rings. The third-order valence-corrected chi connectivity index (χ3v) is 6.39. The molecule has 0 bridgehead atoms. The lowest BCUT2D eigenvalue weighted by molar-refractivity contribution is 0.0726. The Labute approximate surface area is 180 Å². The number of piperazine rings is 1. The van der Waals surface area contributed by atoms with Crippen LogP contribution in [0, 0.1) is 11.6 Å². The van der Waals surface area contributed by atoms with Crippen molar-refractivity contribution in [2.75, 3.05) is 26.2 Å². The second-order valence-corrected chi connectivity index (χ2v) is 8.52. The highest BCUT2D eigenvalue weighted by atomic mass is 19.1. The summed E-state index contributed by atoms with van der Waals surface area (Å²) in [6, 6.07) is 13.2. The van der Waals surface area contributed by atoms with E-state index in [2.05, 4.69) is 26.9 Å². The molecule has 0 amide bonds. The van der Waals surface area contributed by atoms with Gasteiger partial charge in [0, 0.05) is 32.1 Å². The highest BCUT2D eigenvalue weighted by Crippen LogP contribution is 2.39. The van der Waals surface area contributed by atoms with Gasteiger partial charge in [0.15, 0.2) is 5.82 Å². The Kier molecular flexibility index (Phi) is 5.54. The average Bonchev–Trinajstić information content (AvgIpc) is 3.53.